The third-order valence-corrected chi connectivity index (χ3v) is 3.06. The first kappa shape index (κ1) is 9.71. The van der Waals surface area contributed by atoms with E-state index in [0.29, 0.717) is 12.0 Å². The van der Waals surface area contributed by atoms with Crippen molar-refractivity contribution in [1.29, 1.82) is 0 Å². The van der Waals surface area contributed by atoms with Gasteiger partial charge in [0.25, 0.3) is 5.91 Å². The first-order chi connectivity index (χ1) is 6.66. The Morgan fingerprint density at radius 2 is 2.00 bits per heavy atom. The number of nitrogens with one attached hydrogen (secondary N) is 1. The van der Waals surface area contributed by atoms with Gasteiger partial charge in [0, 0.05) is 16.1 Å². The molecule has 2 rings (SSSR count). The van der Waals surface area contributed by atoms with Gasteiger partial charge in [-0.2, -0.15) is 0 Å². The van der Waals surface area contributed by atoms with Crippen LogP contribution >= 0.6 is 15.9 Å². The molecule has 0 heterocycles. The fraction of sp³-hybridized carbons (Fsp3) is 0.364. The van der Waals surface area contributed by atoms with Crippen LogP contribution in [-0.2, 0) is 0 Å². The molecule has 1 aliphatic rings. The lowest BCUT2D eigenvalue weighted by Gasteiger charge is -2.03. The molecule has 74 valence electrons. The van der Waals surface area contributed by atoms with E-state index in [1.807, 2.05) is 24.3 Å². The molecule has 14 heavy (non-hydrogen) atoms. The molecule has 0 radical (unpaired) electrons. The summed E-state index contributed by atoms with van der Waals surface area (Å²) in [5, 5.41) is 2.99. The number of hydrogen-bond donors (Lipinski definition) is 1. The lowest BCUT2D eigenvalue weighted by atomic mass is 10.2. The molecule has 1 saturated carbocycles. The predicted molar refractivity (Wildman–Crippen MR) is 59.2 cm³/mol. The minimum Gasteiger partial charge on any atom is -0.349 e. The van der Waals surface area contributed by atoms with E-state index in [4.69, 9.17) is 0 Å². The molecule has 1 amide bonds. The van der Waals surface area contributed by atoms with Crippen molar-refractivity contribution in [2.24, 2.45) is 5.92 Å². The van der Waals surface area contributed by atoms with Crippen molar-refractivity contribution in [3.63, 3.8) is 0 Å². The highest BCUT2D eigenvalue weighted by molar-refractivity contribution is 9.10. The molecule has 2 unspecified atom stereocenters. The highest BCUT2D eigenvalue weighted by Gasteiger charge is 2.33. The van der Waals surface area contributed by atoms with Crippen LogP contribution in [0, 0.1) is 5.92 Å². The molecule has 2 atom stereocenters. The number of carbonyl (C=O) groups is 1. The van der Waals surface area contributed by atoms with Crippen LogP contribution in [0.2, 0.25) is 0 Å². The molecule has 3 heteroatoms. The van der Waals surface area contributed by atoms with E-state index in [9.17, 15) is 4.79 Å². The molecule has 0 bridgehead atoms. The second kappa shape index (κ2) is 3.73. The van der Waals surface area contributed by atoms with Crippen LogP contribution in [0.15, 0.2) is 28.7 Å². The molecule has 1 aromatic carbocycles. The van der Waals surface area contributed by atoms with Crippen molar-refractivity contribution in [3.05, 3.63) is 34.3 Å². The Hall–Kier alpha value is -0.830. The summed E-state index contributed by atoms with van der Waals surface area (Å²) in [5.74, 6) is 0.682. The SMILES string of the molecule is CC1CC1NC(=O)c1ccc(Br)cc1. The van der Waals surface area contributed by atoms with Gasteiger partial charge in [0.2, 0.25) is 0 Å². The Morgan fingerprint density at radius 1 is 1.43 bits per heavy atom. The quantitative estimate of drug-likeness (QED) is 0.863. The Morgan fingerprint density at radius 3 is 2.50 bits per heavy atom. The zero-order valence-corrected chi connectivity index (χ0v) is 9.54. The van der Waals surface area contributed by atoms with Crippen LogP contribution in [0.4, 0.5) is 0 Å². The van der Waals surface area contributed by atoms with E-state index in [0.717, 1.165) is 16.5 Å². The van der Waals surface area contributed by atoms with Crippen molar-refractivity contribution in [2.45, 2.75) is 19.4 Å². The Bertz CT molecular complexity index is 347. The number of amides is 1. The Balaban J connectivity index is 2.00. The maximum atomic E-state index is 11.6. The minimum atomic E-state index is 0.0341. The van der Waals surface area contributed by atoms with Gasteiger partial charge < -0.3 is 5.32 Å². The molecule has 0 aliphatic heterocycles. The van der Waals surface area contributed by atoms with Gasteiger partial charge in [-0.05, 0) is 36.6 Å². The molecule has 0 aromatic heterocycles. The lowest BCUT2D eigenvalue weighted by Crippen LogP contribution is -2.26. The highest BCUT2D eigenvalue weighted by atomic mass is 79.9. The third-order valence-electron chi connectivity index (χ3n) is 2.53. The fourth-order valence-corrected chi connectivity index (χ4v) is 1.64. The summed E-state index contributed by atoms with van der Waals surface area (Å²) in [5.41, 5.74) is 0.729. The number of hydrogen-bond acceptors (Lipinski definition) is 1. The predicted octanol–water partition coefficient (Wildman–Crippen LogP) is 2.59. The van der Waals surface area contributed by atoms with Crippen LogP contribution in [-0.4, -0.2) is 11.9 Å². The summed E-state index contributed by atoms with van der Waals surface area (Å²) in [6.45, 7) is 2.15. The highest BCUT2D eigenvalue weighted by Crippen LogP contribution is 2.29. The lowest BCUT2D eigenvalue weighted by molar-refractivity contribution is 0.0949. The van der Waals surface area contributed by atoms with Crippen LogP contribution in [0.1, 0.15) is 23.7 Å². The average Bonchev–Trinajstić information content (AvgIpc) is 2.82. The molecular weight excluding hydrogens is 242 g/mol. The van der Waals surface area contributed by atoms with Gasteiger partial charge >= 0.3 is 0 Å². The molecule has 0 spiro atoms. The van der Waals surface area contributed by atoms with Gasteiger partial charge in [-0.1, -0.05) is 22.9 Å². The molecule has 0 saturated heterocycles. The first-order valence-electron chi connectivity index (χ1n) is 4.73. The maximum Gasteiger partial charge on any atom is 0.251 e. The molecule has 1 fully saturated rings. The number of halogens is 1. The van der Waals surface area contributed by atoms with E-state index < -0.39 is 0 Å². The van der Waals surface area contributed by atoms with Crippen LogP contribution < -0.4 is 5.32 Å². The molecule has 2 nitrogen and oxygen atoms in total. The monoisotopic (exact) mass is 253 g/mol. The van der Waals surface area contributed by atoms with Crippen molar-refractivity contribution in [1.82, 2.24) is 5.32 Å². The normalized spacial score (nSPS) is 24.4. The van der Waals surface area contributed by atoms with E-state index in [2.05, 4.69) is 28.2 Å². The molecular formula is C11H12BrNO. The zero-order valence-electron chi connectivity index (χ0n) is 7.96. The van der Waals surface area contributed by atoms with Gasteiger partial charge in [-0.25, -0.2) is 0 Å². The fourth-order valence-electron chi connectivity index (χ4n) is 1.38. The summed E-state index contributed by atoms with van der Waals surface area (Å²) in [7, 11) is 0. The van der Waals surface area contributed by atoms with Crippen LogP contribution in [0.5, 0.6) is 0 Å². The second-order valence-corrected chi connectivity index (χ2v) is 4.72. The van der Waals surface area contributed by atoms with Crippen molar-refractivity contribution >= 4 is 21.8 Å². The average molecular weight is 254 g/mol. The summed E-state index contributed by atoms with van der Waals surface area (Å²) in [6.07, 6.45) is 1.11. The van der Waals surface area contributed by atoms with Crippen LogP contribution in [0.3, 0.4) is 0 Å². The van der Waals surface area contributed by atoms with Gasteiger partial charge in [0.1, 0.15) is 0 Å². The molecule has 1 N–H and O–H groups in total. The largest absolute Gasteiger partial charge is 0.349 e. The van der Waals surface area contributed by atoms with E-state index in [1.54, 1.807) is 0 Å². The number of rotatable bonds is 2. The van der Waals surface area contributed by atoms with E-state index >= 15 is 0 Å². The van der Waals surface area contributed by atoms with Gasteiger partial charge in [-0.15, -0.1) is 0 Å². The van der Waals surface area contributed by atoms with Crippen molar-refractivity contribution in [3.8, 4) is 0 Å². The van der Waals surface area contributed by atoms with Crippen LogP contribution in [0.25, 0.3) is 0 Å². The minimum absolute atomic E-state index is 0.0341. The summed E-state index contributed by atoms with van der Waals surface area (Å²) >= 11 is 3.34. The molecule has 1 aromatic rings. The Labute approximate surface area is 91.8 Å². The van der Waals surface area contributed by atoms with E-state index in [1.165, 1.54) is 0 Å². The topological polar surface area (TPSA) is 29.1 Å². The van der Waals surface area contributed by atoms with E-state index in [-0.39, 0.29) is 5.91 Å². The first-order valence-corrected chi connectivity index (χ1v) is 5.52. The van der Waals surface area contributed by atoms with Gasteiger partial charge in [0.05, 0.1) is 0 Å². The number of benzene rings is 1. The third kappa shape index (κ3) is 2.15. The summed E-state index contributed by atoms with van der Waals surface area (Å²) < 4.78 is 0.994. The van der Waals surface area contributed by atoms with Crippen molar-refractivity contribution in [2.75, 3.05) is 0 Å². The molecule has 1 aliphatic carbocycles. The zero-order chi connectivity index (χ0) is 10.1. The summed E-state index contributed by atoms with van der Waals surface area (Å²) in [6, 6.07) is 7.81. The van der Waals surface area contributed by atoms with Gasteiger partial charge in [-0.3, -0.25) is 4.79 Å². The smallest absolute Gasteiger partial charge is 0.251 e. The summed E-state index contributed by atoms with van der Waals surface area (Å²) in [4.78, 5) is 11.6. The van der Waals surface area contributed by atoms with Gasteiger partial charge in [0.15, 0.2) is 0 Å². The Kier molecular flexibility index (Phi) is 2.59. The van der Waals surface area contributed by atoms with Crippen molar-refractivity contribution < 1.29 is 4.79 Å². The standard InChI is InChI=1S/C11H12BrNO/c1-7-6-10(7)13-11(14)8-2-4-9(12)5-3-8/h2-5,7,10H,6H2,1H3,(H,13,14). The second-order valence-electron chi connectivity index (χ2n) is 3.80. The maximum absolute atomic E-state index is 11.6. The number of carbonyl (C=O) groups excluding carboxylic acids is 1.